The number of carbonyl (C=O) groups excluding carboxylic acids is 1. The van der Waals surface area contributed by atoms with Gasteiger partial charge in [0, 0.05) is 26.1 Å². The molecule has 1 aromatic rings. The molecule has 0 unspecified atom stereocenters. The van der Waals surface area contributed by atoms with Gasteiger partial charge in [-0.2, -0.15) is 15.0 Å². The summed E-state index contributed by atoms with van der Waals surface area (Å²) >= 11 is 0. The van der Waals surface area contributed by atoms with Crippen molar-refractivity contribution in [3.05, 3.63) is 0 Å². The first-order chi connectivity index (χ1) is 9.69. The van der Waals surface area contributed by atoms with E-state index in [0.29, 0.717) is 45.2 Å². The van der Waals surface area contributed by atoms with E-state index < -0.39 is 0 Å². The lowest BCUT2D eigenvalue weighted by atomic mass is 10.3. The molecule has 20 heavy (non-hydrogen) atoms. The Balaban J connectivity index is 1.80. The second-order valence-electron chi connectivity index (χ2n) is 4.17. The van der Waals surface area contributed by atoms with E-state index in [9.17, 15) is 4.79 Å². The van der Waals surface area contributed by atoms with Crippen molar-refractivity contribution >= 4 is 17.8 Å². The molecule has 1 amide bonds. The van der Waals surface area contributed by atoms with E-state index in [1.165, 1.54) is 7.11 Å². The number of methoxy groups -OCH3 is 1. The molecule has 2 rings (SSSR count). The Bertz CT molecular complexity index is 463. The van der Waals surface area contributed by atoms with Crippen LogP contribution < -0.4 is 15.8 Å². The number of nitrogen functional groups attached to an aromatic ring is 1. The quantitative estimate of drug-likeness (QED) is 0.715. The smallest absolute Gasteiger partial charge is 0.322 e. The highest BCUT2D eigenvalue weighted by atomic mass is 16.5. The Hall–Kier alpha value is -2.16. The molecule has 0 aromatic carbocycles. The fourth-order valence-corrected chi connectivity index (χ4v) is 1.79. The minimum Gasteiger partial charge on any atom is -0.467 e. The fraction of sp³-hybridized carbons (Fsp3) is 0.636. The number of nitrogens with zero attached hydrogens (tertiary/aromatic N) is 4. The van der Waals surface area contributed by atoms with Gasteiger partial charge in [0.05, 0.1) is 20.3 Å². The maximum absolute atomic E-state index is 11.9. The molecule has 0 bridgehead atoms. The van der Waals surface area contributed by atoms with E-state index in [4.69, 9.17) is 15.2 Å². The highest BCUT2D eigenvalue weighted by molar-refractivity contribution is 5.76. The van der Waals surface area contributed by atoms with Gasteiger partial charge in [-0.15, -0.1) is 0 Å². The van der Waals surface area contributed by atoms with Crippen LogP contribution in [0.25, 0.3) is 0 Å². The molecule has 0 atom stereocenters. The molecule has 0 saturated carbocycles. The first-order valence-electron chi connectivity index (χ1n) is 6.34. The molecule has 0 spiro atoms. The topological polar surface area (TPSA) is 115 Å². The third-order valence-electron chi connectivity index (χ3n) is 2.80. The largest absolute Gasteiger partial charge is 0.467 e. The number of morpholine rings is 1. The van der Waals surface area contributed by atoms with Gasteiger partial charge in [0.25, 0.3) is 0 Å². The van der Waals surface area contributed by atoms with Crippen molar-refractivity contribution < 1.29 is 14.3 Å². The van der Waals surface area contributed by atoms with Crippen LogP contribution >= 0.6 is 0 Å². The summed E-state index contributed by atoms with van der Waals surface area (Å²) in [7, 11) is 1.44. The summed E-state index contributed by atoms with van der Waals surface area (Å²) in [6.45, 7) is 2.90. The lowest BCUT2D eigenvalue weighted by Gasteiger charge is -2.26. The van der Waals surface area contributed by atoms with E-state index in [0.717, 1.165) is 0 Å². The van der Waals surface area contributed by atoms with Crippen LogP contribution in [0.1, 0.15) is 6.42 Å². The molecule has 1 saturated heterocycles. The van der Waals surface area contributed by atoms with Crippen LogP contribution in [0, 0.1) is 0 Å². The van der Waals surface area contributed by atoms with Gasteiger partial charge in [-0.25, -0.2) is 0 Å². The molecule has 0 radical (unpaired) electrons. The summed E-state index contributed by atoms with van der Waals surface area (Å²) in [4.78, 5) is 25.4. The second kappa shape index (κ2) is 6.85. The lowest BCUT2D eigenvalue weighted by molar-refractivity contribution is -0.134. The number of aromatic nitrogens is 3. The van der Waals surface area contributed by atoms with E-state index in [1.54, 1.807) is 4.90 Å². The molecule has 9 nitrogen and oxygen atoms in total. The molecule has 9 heteroatoms. The molecule has 1 aliphatic heterocycles. The van der Waals surface area contributed by atoms with Gasteiger partial charge in [0.1, 0.15) is 0 Å². The minimum absolute atomic E-state index is 0.0684. The van der Waals surface area contributed by atoms with Crippen LogP contribution in [-0.4, -0.2) is 65.7 Å². The van der Waals surface area contributed by atoms with Gasteiger partial charge in [0.2, 0.25) is 17.8 Å². The summed E-state index contributed by atoms with van der Waals surface area (Å²) in [5.74, 6) is 0.442. The minimum atomic E-state index is 0.0684. The molecule has 110 valence electrons. The summed E-state index contributed by atoms with van der Waals surface area (Å²) in [6, 6.07) is 0.138. The molecule has 3 N–H and O–H groups in total. The third kappa shape index (κ3) is 3.92. The predicted molar refractivity (Wildman–Crippen MR) is 71.3 cm³/mol. The first-order valence-corrected chi connectivity index (χ1v) is 6.34. The molecule has 1 aromatic heterocycles. The van der Waals surface area contributed by atoms with Crippen molar-refractivity contribution in [1.29, 1.82) is 0 Å². The molecule has 0 aliphatic carbocycles. The van der Waals surface area contributed by atoms with Gasteiger partial charge in [-0.05, 0) is 0 Å². The maximum Gasteiger partial charge on any atom is 0.322 e. The number of nitrogens with two attached hydrogens (primary N) is 1. The predicted octanol–water partition coefficient (Wildman–Crippen LogP) is -0.877. The Morgan fingerprint density at radius 3 is 2.85 bits per heavy atom. The zero-order chi connectivity index (χ0) is 14.4. The second-order valence-corrected chi connectivity index (χ2v) is 4.17. The van der Waals surface area contributed by atoms with E-state index in [2.05, 4.69) is 20.3 Å². The van der Waals surface area contributed by atoms with Crippen molar-refractivity contribution in [3.8, 4) is 6.01 Å². The van der Waals surface area contributed by atoms with E-state index >= 15 is 0 Å². The van der Waals surface area contributed by atoms with Gasteiger partial charge >= 0.3 is 6.01 Å². The SMILES string of the molecule is COc1nc(N)nc(NCCC(=O)N2CCOCC2)n1. The van der Waals surface area contributed by atoms with Gasteiger partial charge in [-0.1, -0.05) is 0 Å². The van der Waals surface area contributed by atoms with Crippen LogP contribution in [-0.2, 0) is 9.53 Å². The maximum atomic E-state index is 11.9. The zero-order valence-electron chi connectivity index (χ0n) is 11.3. The number of hydrogen-bond donors (Lipinski definition) is 2. The zero-order valence-corrected chi connectivity index (χ0v) is 11.3. The lowest BCUT2D eigenvalue weighted by Crippen LogP contribution is -2.41. The number of hydrogen-bond acceptors (Lipinski definition) is 8. The summed E-state index contributed by atoms with van der Waals surface area (Å²) in [6.07, 6.45) is 0.355. The number of carbonyl (C=O) groups is 1. The van der Waals surface area contributed by atoms with Crippen LogP contribution in [0.15, 0.2) is 0 Å². The van der Waals surface area contributed by atoms with Crippen molar-refractivity contribution in [3.63, 3.8) is 0 Å². The summed E-state index contributed by atoms with van der Waals surface area (Å²) in [5, 5.41) is 2.93. The average Bonchev–Trinajstić information content (AvgIpc) is 2.47. The molecule has 1 aliphatic rings. The number of amides is 1. The Kier molecular flexibility index (Phi) is 4.88. The number of ether oxygens (including phenoxy) is 2. The van der Waals surface area contributed by atoms with Crippen molar-refractivity contribution in [2.45, 2.75) is 6.42 Å². The Morgan fingerprint density at radius 1 is 1.40 bits per heavy atom. The molecule has 2 heterocycles. The normalized spacial score (nSPS) is 14.9. The van der Waals surface area contributed by atoms with Crippen molar-refractivity contribution in [2.24, 2.45) is 0 Å². The van der Waals surface area contributed by atoms with Crippen LogP contribution in [0.2, 0.25) is 0 Å². The molecular weight excluding hydrogens is 264 g/mol. The Labute approximate surface area is 116 Å². The van der Waals surface area contributed by atoms with Crippen molar-refractivity contribution in [2.75, 3.05) is 51.0 Å². The third-order valence-corrected chi connectivity index (χ3v) is 2.80. The van der Waals surface area contributed by atoms with E-state index in [-0.39, 0.29) is 17.9 Å². The van der Waals surface area contributed by atoms with E-state index in [1.807, 2.05) is 0 Å². The average molecular weight is 282 g/mol. The molecule has 1 fully saturated rings. The fourth-order valence-electron chi connectivity index (χ4n) is 1.79. The number of rotatable bonds is 5. The van der Waals surface area contributed by atoms with Crippen LogP contribution in [0.5, 0.6) is 6.01 Å². The standard InChI is InChI=1S/C11H18N6O3/c1-19-11-15-9(12)14-10(16-11)13-3-2-8(18)17-4-6-20-7-5-17/h2-7H2,1H3,(H3,12,13,14,15,16). The monoisotopic (exact) mass is 282 g/mol. The highest BCUT2D eigenvalue weighted by Gasteiger charge is 2.16. The Morgan fingerprint density at radius 2 is 2.15 bits per heavy atom. The van der Waals surface area contributed by atoms with Gasteiger partial charge < -0.3 is 25.4 Å². The number of anilines is 2. The number of nitrogens with one attached hydrogen (secondary N) is 1. The van der Waals surface area contributed by atoms with Crippen molar-refractivity contribution in [1.82, 2.24) is 19.9 Å². The van der Waals surface area contributed by atoms with Gasteiger partial charge in [0.15, 0.2) is 0 Å². The summed E-state index contributed by atoms with van der Waals surface area (Å²) in [5.41, 5.74) is 5.51. The van der Waals surface area contributed by atoms with Crippen LogP contribution in [0.3, 0.4) is 0 Å². The van der Waals surface area contributed by atoms with Crippen LogP contribution in [0.4, 0.5) is 11.9 Å². The molecular formula is C11H18N6O3. The summed E-state index contributed by atoms with van der Waals surface area (Å²) < 4.78 is 10.1. The first kappa shape index (κ1) is 14.3. The highest BCUT2D eigenvalue weighted by Crippen LogP contribution is 2.08. The van der Waals surface area contributed by atoms with Gasteiger partial charge in [-0.3, -0.25) is 4.79 Å².